The van der Waals surface area contributed by atoms with Crippen molar-refractivity contribution in [2.75, 3.05) is 13.2 Å². The summed E-state index contributed by atoms with van der Waals surface area (Å²) in [6.07, 6.45) is 0. The van der Waals surface area contributed by atoms with Crippen molar-refractivity contribution in [2.45, 2.75) is 26.4 Å². The van der Waals surface area contributed by atoms with Gasteiger partial charge < -0.3 is 9.47 Å². The predicted octanol–water partition coefficient (Wildman–Crippen LogP) is 1.95. The zero-order chi connectivity index (χ0) is 13.6. The van der Waals surface area contributed by atoms with Crippen molar-refractivity contribution in [1.82, 2.24) is 0 Å². The van der Waals surface area contributed by atoms with Crippen LogP contribution in [0.25, 0.3) is 0 Å². The van der Waals surface area contributed by atoms with Crippen molar-refractivity contribution in [3.63, 3.8) is 0 Å². The van der Waals surface area contributed by atoms with E-state index in [0.29, 0.717) is 11.1 Å². The normalized spacial score (nSPS) is 10.6. The van der Waals surface area contributed by atoms with Crippen molar-refractivity contribution in [3.05, 3.63) is 24.3 Å². The second kappa shape index (κ2) is 6.18. The molecule has 4 nitrogen and oxygen atoms in total. The Bertz CT molecular complexity index is 312. The van der Waals surface area contributed by atoms with Crippen LogP contribution in [0.3, 0.4) is 0 Å². The Morgan fingerprint density at radius 1 is 1.06 bits per heavy atom. The van der Waals surface area contributed by atoms with Gasteiger partial charge in [-0.1, -0.05) is 13.2 Å². The summed E-state index contributed by atoms with van der Waals surface area (Å²) >= 11 is 0. The molecule has 0 radical (unpaired) electrons. The Morgan fingerprint density at radius 2 is 1.35 bits per heavy atom. The lowest BCUT2D eigenvalue weighted by molar-refractivity contribution is -0.172. The Labute approximate surface area is 100 Å². The minimum atomic E-state index is -2.81. The van der Waals surface area contributed by atoms with Crippen molar-refractivity contribution in [3.8, 4) is 0 Å². The Hall–Kier alpha value is -1.65. The lowest BCUT2D eigenvalue weighted by Gasteiger charge is -2.17. The third-order valence-electron chi connectivity index (χ3n) is 1.67. The van der Waals surface area contributed by atoms with Crippen LogP contribution in [0.1, 0.15) is 20.8 Å². The van der Waals surface area contributed by atoms with Crippen LogP contribution >= 0.6 is 0 Å². The highest BCUT2D eigenvalue weighted by atomic mass is 19.1. The van der Waals surface area contributed by atoms with Crippen LogP contribution in [0.15, 0.2) is 24.3 Å². The molecule has 17 heavy (non-hydrogen) atoms. The molecule has 0 atom stereocenters. The van der Waals surface area contributed by atoms with Gasteiger partial charge >= 0.3 is 11.9 Å². The van der Waals surface area contributed by atoms with Crippen LogP contribution in [0.4, 0.5) is 4.39 Å². The molecule has 96 valence electrons. The van der Waals surface area contributed by atoms with Gasteiger partial charge in [0.05, 0.1) is 0 Å². The summed E-state index contributed by atoms with van der Waals surface area (Å²) in [5.41, 5.74) is -1.72. The third kappa shape index (κ3) is 5.29. The molecular weight excluding hydrogens is 227 g/mol. The van der Waals surface area contributed by atoms with Gasteiger partial charge in [-0.15, -0.1) is 0 Å². The van der Waals surface area contributed by atoms with E-state index < -0.39 is 17.6 Å². The van der Waals surface area contributed by atoms with Gasteiger partial charge in [0.15, 0.2) is 0 Å². The fourth-order valence-corrected chi connectivity index (χ4v) is 0.732. The summed E-state index contributed by atoms with van der Waals surface area (Å²) in [5, 5.41) is 0. The lowest BCUT2D eigenvalue weighted by Crippen LogP contribution is -2.42. The second-order valence-electron chi connectivity index (χ2n) is 4.07. The Morgan fingerprint density at radius 3 is 1.59 bits per heavy atom. The largest absolute Gasteiger partial charge is 0.458 e. The van der Waals surface area contributed by atoms with Crippen molar-refractivity contribution >= 4 is 11.9 Å². The van der Waals surface area contributed by atoms with Crippen LogP contribution in [0.2, 0.25) is 0 Å². The van der Waals surface area contributed by atoms with E-state index in [4.69, 9.17) is 0 Å². The summed E-state index contributed by atoms with van der Waals surface area (Å²) in [6.45, 7) is 10.7. The van der Waals surface area contributed by atoms with Gasteiger partial charge in [0.2, 0.25) is 0 Å². The molecule has 0 unspecified atom stereocenters. The number of halogens is 1. The molecule has 0 aromatic carbocycles. The molecule has 0 aromatic heterocycles. The second-order valence-corrected chi connectivity index (χ2v) is 4.07. The van der Waals surface area contributed by atoms with E-state index in [9.17, 15) is 14.0 Å². The van der Waals surface area contributed by atoms with Crippen LogP contribution in [-0.4, -0.2) is 30.8 Å². The fourth-order valence-electron chi connectivity index (χ4n) is 0.732. The maximum absolute atomic E-state index is 13.8. The molecule has 0 rings (SSSR count). The molecule has 0 saturated heterocycles. The highest BCUT2D eigenvalue weighted by Gasteiger charge is 2.45. The highest BCUT2D eigenvalue weighted by molar-refractivity contribution is 6.03. The van der Waals surface area contributed by atoms with E-state index in [1.807, 2.05) is 0 Å². The molecule has 0 heterocycles. The van der Waals surface area contributed by atoms with Gasteiger partial charge in [-0.3, -0.25) is 0 Å². The zero-order valence-corrected chi connectivity index (χ0v) is 10.3. The SMILES string of the molecule is C=C(C)COC(=O)C(C)(F)C(=O)OCC(=C)C. The number of alkyl halides is 1. The molecule has 0 N–H and O–H groups in total. The van der Waals surface area contributed by atoms with Gasteiger partial charge in [-0.2, -0.15) is 0 Å². The number of esters is 2. The third-order valence-corrected chi connectivity index (χ3v) is 1.67. The van der Waals surface area contributed by atoms with Gasteiger partial charge in [-0.05, 0) is 31.9 Å². The van der Waals surface area contributed by atoms with Gasteiger partial charge in [0, 0.05) is 0 Å². The van der Waals surface area contributed by atoms with E-state index >= 15 is 0 Å². The van der Waals surface area contributed by atoms with Crippen LogP contribution < -0.4 is 0 Å². The molecular formula is C12H17FO4. The van der Waals surface area contributed by atoms with Crippen LogP contribution in [0, 0.1) is 0 Å². The van der Waals surface area contributed by atoms with Gasteiger partial charge in [0.25, 0.3) is 5.67 Å². The number of ether oxygens (including phenoxy) is 2. The van der Waals surface area contributed by atoms with Gasteiger partial charge in [0.1, 0.15) is 13.2 Å². The standard InChI is InChI=1S/C12H17FO4/c1-8(2)6-16-10(14)12(5,13)11(15)17-7-9(3)4/h1,3,6-7H2,2,4-5H3. The summed E-state index contributed by atoms with van der Waals surface area (Å²) in [5.74, 6) is -2.57. The Kier molecular flexibility index (Phi) is 5.58. The zero-order valence-electron chi connectivity index (χ0n) is 10.3. The first kappa shape index (κ1) is 15.3. The molecule has 0 spiro atoms. The molecule has 0 aliphatic carbocycles. The van der Waals surface area contributed by atoms with E-state index in [2.05, 4.69) is 22.6 Å². The molecule has 0 aliphatic heterocycles. The fraction of sp³-hybridized carbons (Fsp3) is 0.500. The summed E-state index contributed by atoms with van der Waals surface area (Å²) in [7, 11) is 0. The first-order valence-electron chi connectivity index (χ1n) is 5.00. The maximum Gasteiger partial charge on any atom is 0.355 e. The molecule has 0 aromatic rings. The molecule has 0 aliphatic rings. The van der Waals surface area contributed by atoms with E-state index in [-0.39, 0.29) is 13.2 Å². The monoisotopic (exact) mass is 244 g/mol. The number of hydrogen-bond acceptors (Lipinski definition) is 4. The lowest BCUT2D eigenvalue weighted by atomic mass is 10.1. The quantitative estimate of drug-likeness (QED) is 0.407. The summed E-state index contributed by atoms with van der Waals surface area (Å²) in [4.78, 5) is 22.6. The Balaban J connectivity index is 4.42. The smallest absolute Gasteiger partial charge is 0.355 e. The van der Waals surface area contributed by atoms with Gasteiger partial charge in [-0.25, -0.2) is 14.0 Å². The van der Waals surface area contributed by atoms with Crippen LogP contribution in [-0.2, 0) is 19.1 Å². The molecule has 0 bridgehead atoms. The average Bonchev–Trinajstić information content (AvgIpc) is 2.21. The molecule has 0 amide bonds. The first-order chi connectivity index (χ1) is 7.67. The van der Waals surface area contributed by atoms with Crippen molar-refractivity contribution < 1.29 is 23.5 Å². The summed E-state index contributed by atoms with van der Waals surface area (Å²) in [6, 6.07) is 0. The number of carbonyl (C=O) groups is 2. The summed E-state index contributed by atoms with van der Waals surface area (Å²) < 4.78 is 22.9. The van der Waals surface area contributed by atoms with E-state index in [0.717, 1.165) is 6.92 Å². The molecule has 0 fully saturated rings. The number of rotatable bonds is 6. The van der Waals surface area contributed by atoms with Crippen molar-refractivity contribution in [1.29, 1.82) is 0 Å². The average molecular weight is 244 g/mol. The predicted molar refractivity (Wildman–Crippen MR) is 61.1 cm³/mol. The van der Waals surface area contributed by atoms with Crippen molar-refractivity contribution in [2.24, 2.45) is 0 Å². The molecule has 0 saturated carbocycles. The first-order valence-corrected chi connectivity index (χ1v) is 5.00. The molecule has 5 heteroatoms. The minimum Gasteiger partial charge on any atom is -0.458 e. The minimum absolute atomic E-state index is 0.133. The number of carbonyl (C=O) groups excluding carboxylic acids is 2. The van der Waals surface area contributed by atoms with E-state index in [1.165, 1.54) is 0 Å². The topological polar surface area (TPSA) is 52.6 Å². The number of hydrogen-bond donors (Lipinski definition) is 0. The van der Waals surface area contributed by atoms with E-state index in [1.54, 1.807) is 13.8 Å². The highest BCUT2D eigenvalue weighted by Crippen LogP contribution is 2.16. The van der Waals surface area contributed by atoms with Crippen LogP contribution in [0.5, 0.6) is 0 Å². The maximum atomic E-state index is 13.8.